The van der Waals surface area contributed by atoms with Gasteiger partial charge in [-0.2, -0.15) is 10.2 Å². The highest BCUT2D eigenvalue weighted by molar-refractivity contribution is 6.01. The van der Waals surface area contributed by atoms with Gasteiger partial charge in [0.15, 0.2) is 5.65 Å². The molecule has 11 heteroatoms. The monoisotopic (exact) mass is 508 g/mol. The Morgan fingerprint density at radius 3 is 2.38 bits per heavy atom. The Labute approximate surface area is 216 Å². The van der Waals surface area contributed by atoms with Crippen molar-refractivity contribution < 1.29 is 14.3 Å². The van der Waals surface area contributed by atoms with Gasteiger partial charge in [-0.1, -0.05) is 0 Å². The number of piperidine rings is 1. The summed E-state index contributed by atoms with van der Waals surface area (Å²) in [7, 11) is 1.85. The number of hydrogen-bond acceptors (Lipinski definition) is 7. The molecule has 0 radical (unpaired) electrons. The van der Waals surface area contributed by atoms with Gasteiger partial charge in [0.2, 0.25) is 0 Å². The Morgan fingerprint density at radius 2 is 1.78 bits per heavy atom. The van der Waals surface area contributed by atoms with Crippen molar-refractivity contribution in [3.63, 3.8) is 0 Å². The van der Waals surface area contributed by atoms with E-state index in [-0.39, 0.29) is 17.6 Å². The van der Waals surface area contributed by atoms with E-state index in [2.05, 4.69) is 15.5 Å². The van der Waals surface area contributed by atoms with Crippen LogP contribution in [0.5, 0.6) is 0 Å². The molecule has 37 heavy (non-hydrogen) atoms. The smallest absolute Gasteiger partial charge is 0.410 e. The summed E-state index contributed by atoms with van der Waals surface area (Å²) < 4.78 is 8.95. The number of primary amides is 1. The van der Waals surface area contributed by atoms with Crippen molar-refractivity contribution in [1.82, 2.24) is 29.3 Å². The quantitative estimate of drug-likeness (QED) is 0.550. The number of nitrogens with one attached hydrogen (secondary N) is 1. The van der Waals surface area contributed by atoms with E-state index >= 15 is 0 Å². The molecule has 5 rings (SSSR count). The van der Waals surface area contributed by atoms with Crippen molar-refractivity contribution in [1.29, 1.82) is 0 Å². The van der Waals surface area contributed by atoms with E-state index in [4.69, 9.17) is 15.5 Å². The molecular formula is C26H36N8O3. The summed E-state index contributed by atoms with van der Waals surface area (Å²) >= 11 is 0. The van der Waals surface area contributed by atoms with Crippen molar-refractivity contribution in [3.05, 3.63) is 30.4 Å². The highest BCUT2D eigenvalue weighted by atomic mass is 16.6. The molecule has 1 aliphatic heterocycles. The van der Waals surface area contributed by atoms with Crippen molar-refractivity contribution in [2.24, 2.45) is 18.2 Å². The zero-order valence-electron chi connectivity index (χ0n) is 22.0. The zero-order chi connectivity index (χ0) is 26.4. The van der Waals surface area contributed by atoms with Gasteiger partial charge in [0.05, 0.1) is 35.5 Å². The minimum absolute atomic E-state index is 0.192. The summed E-state index contributed by atoms with van der Waals surface area (Å²) in [4.78, 5) is 31.3. The van der Waals surface area contributed by atoms with Gasteiger partial charge in [-0.3, -0.25) is 9.48 Å². The number of aromatic nitrogens is 5. The van der Waals surface area contributed by atoms with Gasteiger partial charge in [-0.25, -0.2) is 14.3 Å². The molecule has 3 aromatic heterocycles. The van der Waals surface area contributed by atoms with E-state index < -0.39 is 11.5 Å². The Bertz CT molecular complexity index is 1300. The maximum atomic E-state index is 12.5. The van der Waals surface area contributed by atoms with Crippen molar-refractivity contribution in [3.8, 4) is 11.3 Å². The van der Waals surface area contributed by atoms with Crippen LogP contribution in [0.15, 0.2) is 24.8 Å². The fourth-order valence-corrected chi connectivity index (χ4v) is 5.53. The van der Waals surface area contributed by atoms with E-state index in [9.17, 15) is 9.59 Å². The molecule has 3 aromatic rings. The molecule has 0 bridgehead atoms. The van der Waals surface area contributed by atoms with Gasteiger partial charge in [0, 0.05) is 37.9 Å². The Hall–Kier alpha value is -3.63. The topological polar surface area (TPSA) is 133 Å². The van der Waals surface area contributed by atoms with Crippen molar-refractivity contribution >= 4 is 23.3 Å². The van der Waals surface area contributed by atoms with Gasteiger partial charge in [-0.05, 0) is 64.7 Å². The molecule has 3 N–H and O–H groups in total. The van der Waals surface area contributed by atoms with Crippen LogP contribution in [-0.4, -0.2) is 66.0 Å². The first-order valence-electron chi connectivity index (χ1n) is 12.9. The van der Waals surface area contributed by atoms with E-state index in [1.54, 1.807) is 15.4 Å². The third-order valence-electron chi connectivity index (χ3n) is 7.63. The summed E-state index contributed by atoms with van der Waals surface area (Å²) in [5.74, 6) is -0.537. The predicted octanol–water partition coefficient (Wildman–Crippen LogP) is 3.60. The standard InChI is InChI=1S/C26H36N8O3/c1-25(2,3)37-24(36)33-11-9-26(10-12-33)7-5-18(6-8-26)30-21-19(22(27)35)14-29-34-16-20(31-23(21)34)17-13-28-32(4)15-17/h13-16,18,30H,5-12H2,1-4H3,(H2,27,35). The van der Waals surface area contributed by atoms with Crippen LogP contribution in [-0.2, 0) is 11.8 Å². The van der Waals surface area contributed by atoms with Gasteiger partial charge in [0.1, 0.15) is 5.60 Å². The second-order valence-electron chi connectivity index (χ2n) is 11.5. The number of carbonyl (C=O) groups is 2. The number of fused-ring (bicyclic) bond motifs is 1. The minimum atomic E-state index is -0.537. The van der Waals surface area contributed by atoms with Gasteiger partial charge >= 0.3 is 6.09 Å². The molecular weight excluding hydrogens is 472 g/mol. The van der Waals surface area contributed by atoms with Gasteiger partial charge < -0.3 is 20.7 Å². The zero-order valence-corrected chi connectivity index (χ0v) is 22.0. The molecule has 2 amide bonds. The fourth-order valence-electron chi connectivity index (χ4n) is 5.53. The molecule has 0 aromatic carbocycles. The molecule has 198 valence electrons. The van der Waals surface area contributed by atoms with Crippen LogP contribution in [0.4, 0.5) is 10.5 Å². The second kappa shape index (κ2) is 9.35. The number of carbonyl (C=O) groups excluding carboxylic acids is 2. The number of hydrogen-bond donors (Lipinski definition) is 2. The molecule has 2 fully saturated rings. The Kier molecular flexibility index (Phi) is 6.33. The number of ether oxygens (including phenoxy) is 1. The number of imidazole rings is 1. The fraction of sp³-hybridized carbons (Fsp3) is 0.577. The highest BCUT2D eigenvalue weighted by Gasteiger charge is 2.40. The van der Waals surface area contributed by atoms with Gasteiger partial charge in [-0.15, -0.1) is 0 Å². The van der Waals surface area contributed by atoms with Crippen LogP contribution in [0.1, 0.15) is 69.7 Å². The first-order chi connectivity index (χ1) is 17.5. The van der Waals surface area contributed by atoms with Crippen LogP contribution in [0, 0.1) is 5.41 Å². The number of anilines is 1. The van der Waals surface area contributed by atoms with Crippen molar-refractivity contribution in [2.45, 2.75) is 70.9 Å². The lowest BCUT2D eigenvalue weighted by atomic mass is 9.67. The molecule has 2 aliphatic rings. The molecule has 11 nitrogen and oxygen atoms in total. The van der Waals surface area contributed by atoms with Crippen LogP contribution in [0.2, 0.25) is 0 Å². The van der Waals surface area contributed by atoms with E-state index in [0.29, 0.717) is 16.9 Å². The lowest BCUT2D eigenvalue weighted by molar-refractivity contribution is 0.00393. The normalized spacial score (nSPS) is 18.3. The molecule has 1 aliphatic carbocycles. The number of aryl methyl sites for hydroxylation is 1. The number of rotatable bonds is 4. The summed E-state index contributed by atoms with van der Waals surface area (Å²) in [6, 6.07) is 0.192. The largest absolute Gasteiger partial charge is 0.444 e. The SMILES string of the molecule is Cn1cc(-c2cn3ncc(C(N)=O)c(NC4CCC5(CC4)CCN(C(=O)OC(C)(C)C)CC5)c3n2)cn1. The van der Waals surface area contributed by atoms with Gasteiger partial charge in [0.25, 0.3) is 5.91 Å². The summed E-state index contributed by atoms with van der Waals surface area (Å²) in [5.41, 5.74) is 8.60. The van der Waals surface area contributed by atoms with E-state index in [1.165, 1.54) is 6.20 Å². The highest BCUT2D eigenvalue weighted by Crippen LogP contribution is 2.45. The third kappa shape index (κ3) is 5.26. The lowest BCUT2D eigenvalue weighted by Crippen LogP contribution is -2.47. The minimum Gasteiger partial charge on any atom is -0.444 e. The maximum Gasteiger partial charge on any atom is 0.410 e. The number of amides is 2. The number of nitrogens with two attached hydrogens (primary N) is 1. The van der Waals surface area contributed by atoms with Crippen LogP contribution in [0.3, 0.4) is 0 Å². The molecule has 1 saturated heterocycles. The molecule has 0 atom stereocenters. The summed E-state index contributed by atoms with van der Waals surface area (Å²) in [6.45, 7) is 7.15. The van der Waals surface area contributed by atoms with Crippen LogP contribution >= 0.6 is 0 Å². The summed E-state index contributed by atoms with van der Waals surface area (Å²) in [6.07, 6.45) is 12.8. The predicted molar refractivity (Wildman–Crippen MR) is 139 cm³/mol. The summed E-state index contributed by atoms with van der Waals surface area (Å²) in [5, 5.41) is 12.2. The molecule has 0 unspecified atom stereocenters. The Balaban J connectivity index is 1.28. The van der Waals surface area contributed by atoms with Crippen molar-refractivity contribution in [2.75, 3.05) is 18.4 Å². The van der Waals surface area contributed by atoms with Crippen LogP contribution in [0.25, 0.3) is 16.9 Å². The number of nitrogens with zero attached hydrogens (tertiary/aromatic N) is 6. The molecule has 1 saturated carbocycles. The maximum absolute atomic E-state index is 12.5. The average Bonchev–Trinajstić information content (AvgIpc) is 3.46. The first-order valence-corrected chi connectivity index (χ1v) is 12.9. The van der Waals surface area contributed by atoms with E-state index in [1.807, 2.05) is 45.1 Å². The Morgan fingerprint density at radius 1 is 1.08 bits per heavy atom. The lowest BCUT2D eigenvalue weighted by Gasteiger charge is -2.46. The third-order valence-corrected chi connectivity index (χ3v) is 7.63. The average molecular weight is 509 g/mol. The van der Waals surface area contributed by atoms with E-state index in [0.717, 1.165) is 62.9 Å². The first kappa shape index (κ1) is 25.0. The number of likely N-dealkylation sites (tertiary alicyclic amines) is 1. The second-order valence-corrected chi connectivity index (χ2v) is 11.5. The van der Waals surface area contributed by atoms with Crippen LogP contribution < -0.4 is 11.1 Å². The molecule has 1 spiro atoms. The molecule has 4 heterocycles.